The third-order valence-corrected chi connectivity index (χ3v) is 2.86. The molecule has 3 nitrogen and oxygen atoms in total. The third kappa shape index (κ3) is 2.22. The Balaban J connectivity index is 2.44. The number of hydrogen-bond donors (Lipinski definition) is 1. The van der Waals surface area contributed by atoms with E-state index in [1.807, 2.05) is 18.2 Å². The molecule has 0 bridgehead atoms. The lowest BCUT2D eigenvalue weighted by molar-refractivity contribution is 0.387. The second-order valence-corrected chi connectivity index (χ2v) is 4.30. The van der Waals surface area contributed by atoms with Crippen molar-refractivity contribution < 1.29 is 4.52 Å². The van der Waals surface area contributed by atoms with Gasteiger partial charge in [-0.2, -0.15) is 0 Å². The van der Waals surface area contributed by atoms with Crippen LogP contribution < -0.4 is 5.73 Å². The van der Waals surface area contributed by atoms with Gasteiger partial charge in [-0.1, -0.05) is 38.8 Å². The molecule has 2 aromatic rings. The lowest BCUT2D eigenvalue weighted by Gasteiger charge is -1.99. The van der Waals surface area contributed by atoms with Gasteiger partial charge in [0.15, 0.2) is 5.76 Å². The van der Waals surface area contributed by atoms with Crippen LogP contribution in [0.3, 0.4) is 0 Å². The summed E-state index contributed by atoms with van der Waals surface area (Å²) in [6.45, 7) is 0.345. The molecule has 2 N–H and O–H groups in total. The molecule has 5 heteroatoms. The summed E-state index contributed by atoms with van der Waals surface area (Å²) in [5.41, 5.74) is 7.12. The average molecular weight is 288 g/mol. The van der Waals surface area contributed by atoms with Crippen LogP contribution in [0.5, 0.6) is 0 Å². The first-order valence-corrected chi connectivity index (χ1v) is 5.49. The molecule has 2 rings (SSSR count). The fraction of sp³-hybridized carbons (Fsp3) is 0.100. The Morgan fingerprint density at radius 3 is 2.80 bits per heavy atom. The van der Waals surface area contributed by atoms with Crippen LogP contribution in [0.4, 0.5) is 0 Å². The first kappa shape index (κ1) is 10.7. The Bertz CT molecular complexity index is 484. The van der Waals surface area contributed by atoms with Crippen molar-refractivity contribution in [2.75, 3.05) is 0 Å². The van der Waals surface area contributed by atoms with Gasteiger partial charge in [-0.25, -0.2) is 0 Å². The van der Waals surface area contributed by atoms with Crippen LogP contribution in [0.25, 0.3) is 11.3 Å². The second kappa shape index (κ2) is 4.35. The lowest BCUT2D eigenvalue weighted by atomic mass is 10.1. The monoisotopic (exact) mass is 286 g/mol. The maximum Gasteiger partial charge on any atom is 0.150 e. The van der Waals surface area contributed by atoms with Crippen molar-refractivity contribution in [3.8, 4) is 11.3 Å². The van der Waals surface area contributed by atoms with Crippen LogP contribution in [0.2, 0.25) is 5.02 Å². The van der Waals surface area contributed by atoms with Crippen molar-refractivity contribution in [1.82, 2.24) is 5.16 Å². The zero-order chi connectivity index (χ0) is 10.8. The van der Waals surface area contributed by atoms with Crippen LogP contribution in [-0.4, -0.2) is 5.16 Å². The summed E-state index contributed by atoms with van der Waals surface area (Å²) in [6, 6.07) is 7.31. The van der Waals surface area contributed by atoms with E-state index >= 15 is 0 Å². The highest BCUT2D eigenvalue weighted by Crippen LogP contribution is 2.30. The van der Waals surface area contributed by atoms with Gasteiger partial charge >= 0.3 is 0 Å². The van der Waals surface area contributed by atoms with Gasteiger partial charge in [0.1, 0.15) is 5.69 Å². The van der Waals surface area contributed by atoms with Crippen LogP contribution in [0, 0.1) is 0 Å². The number of nitrogens with zero attached hydrogens (tertiary/aromatic N) is 1. The molecule has 1 heterocycles. The van der Waals surface area contributed by atoms with Crippen molar-refractivity contribution in [3.05, 3.63) is 39.5 Å². The molecule has 0 aliphatic heterocycles. The minimum atomic E-state index is 0.345. The number of halogens is 2. The van der Waals surface area contributed by atoms with Gasteiger partial charge in [0.05, 0.1) is 6.54 Å². The Hall–Kier alpha value is -0.840. The van der Waals surface area contributed by atoms with Crippen molar-refractivity contribution in [1.29, 1.82) is 0 Å². The Morgan fingerprint density at radius 2 is 2.20 bits per heavy atom. The highest BCUT2D eigenvalue weighted by Gasteiger charge is 2.08. The van der Waals surface area contributed by atoms with E-state index < -0.39 is 0 Å². The van der Waals surface area contributed by atoms with Crippen molar-refractivity contribution in [2.24, 2.45) is 5.73 Å². The molecule has 0 fully saturated rings. The van der Waals surface area contributed by atoms with Crippen LogP contribution in [0.1, 0.15) is 5.76 Å². The number of nitrogens with two attached hydrogens (primary N) is 1. The zero-order valence-corrected chi connectivity index (χ0v) is 10.0. The summed E-state index contributed by atoms with van der Waals surface area (Å²) in [5, 5.41) is 4.59. The molecule has 0 atom stereocenters. The molecule has 0 saturated carbocycles. The molecular formula is C10H8BrClN2O. The molecule has 0 aliphatic rings. The molecule has 0 aliphatic carbocycles. The van der Waals surface area contributed by atoms with Gasteiger partial charge in [-0.3, -0.25) is 0 Å². The number of benzene rings is 1. The summed E-state index contributed by atoms with van der Waals surface area (Å²) >= 11 is 9.26. The summed E-state index contributed by atoms with van der Waals surface area (Å²) in [4.78, 5) is 0. The maximum atomic E-state index is 5.84. The fourth-order valence-corrected chi connectivity index (χ4v) is 2.12. The van der Waals surface area contributed by atoms with Crippen LogP contribution in [-0.2, 0) is 6.54 Å². The van der Waals surface area contributed by atoms with Gasteiger partial charge in [-0.15, -0.1) is 0 Å². The van der Waals surface area contributed by atoms with Crippen molar-refractivity contribution in [3.63, 3.8) is 0 Å². The minimum Gasteiger partial charge on any atom is -0.359 e. The minimum absolute atomic E-state index is 0.345. The number of hydrogen-bond acceptors (Lipinski definition) is 3. The van der Waals surface area contributed by atoms with Gasteiger partial charge in [0.25, 0.3) is 0 Å². The van der Waals surface area contributed by atoms with E-state index in [1.54, 1.807) is 6.07 Å². The Labute approximate surface area is 100 Å². The predicted octanol–water partition coefficient (Wildman–Crippen LogP) is 3.22. The quantitative estimate of drug-likeness (QED) is 0.922. The molecule has 0 saturated heterocycles. The van der Waals surface area contributed by atoms with E-state index in [2.05, 4.69) is 21.1 Å². The fourth-order valence-electron chi connectivity index (χ4n) is 1.23. The van der Waals surface area contributed by atoms with Gasteiger partial charge in [0, 0.05) is 21.1 Å². The smallest absolute Gasteiger partial charge is 0.150 e. The predicted molar refractivity (Wildman–Crippen MR) is 62.5 cm³/mol. The first-order chi connectivity index (χ1) is 7.20. The highest BCUT2D eigenvalue weighted by molar-refractivity contribution is 9.10. The molecule has 0 amide bonds. The Kier molecular flexibility index (Phi) is 3.09. The van der Waals surface area contributed by atoms with E-state index in [-0.39, 0.29) is 0 Å². The van der Waals surface area contributed by atoms with Gasteiger partial charge in [0.2, 0.25) is 0 Å². The standard InChI is InChI=1S/C10H8BrClN2O/c11-9-3-6(12)1-2-8(9)10-4-7(5-13)15-14-10/h1-4H,5,13H2. The molecule has 1 aromatic heterocycles. The third-order valence-electron chi connectivity index (χ3n) is 1.97. The molecule has 1 aromatic carbocycles. The zero-order valence-electron chi connectivity index (χ0n) is 7.71. The van der Waals surface area contributed by atoms with E-state index in [0.29, 0.717) is 17.3 Å². The molecule has 15 heavy (non-hydrogen) atoms. The summed E-state index contributed by atoms with van der Waals surface area (Å²) < 4.78 is 5.91. The van der Waals surface area contributed by atoms with Gasteiger partial charge < -0.3 is 10.3 Å². The Morgan fingerprint density at radius 1 is 1.40 bits per heavy atom. The average Bonchev–Trinajstić information content (AvgIpc) is 2.66. The van der Waals surface area contributed by atoms with Gasteiger partial charge in [-0.05, 0) is 12.1 Å². The maximum absolute atomic E-state index is 5.84. The van der Waals surface area contributed by atoms with E-state index in [0.717, 1.165) is 15.7 Å². The largest absolute Gasteiger partial charge is 0.359 e. The molecule has 0 spiro atoms. The summed E-state index contributed by atoms with van der Waals surface area (Å²) in [6.07, 6.45) is 0. The topological polar surface area (TPSA) is 52.0 Å². The first-order valence-electron chi connectivity index (χ1n) is 4.32. The van der Waals surface area contributed by atoms with E-state index in [4.69, 9.17) is 21.9 Å². The van der Waals surface area contributed by atoms with E-state index in [9.17, 15) is 0 Å². The van der Waals surface area contributed by atoms with Crippen molar-refractivity contribution >= 4 is 27.5 Å². The summed E-state index contributed by atoms with van der Waals surface area (Å²) in [5.74, 6) is 0.659. The molecule has 0 unspecified atom stereocenters. The molecule has 0 radical (unpaired) electrons. The van der Waals surface area contributed by atoms with Crippen LogP contribution >= 0.6 is 27.5 Å². The normalized spacial score (nSPS) is 10.6. The molecule has 78 valence electrons. The van der Waals surface area contributed by atoms with Crippen LogP contribution in [0.15, 0.2) is 33.3 Å². The van der Waals surface area contributed by atoms with E-state index in [1.165, 1.54) is 0 Å². The second-order valence-electron chi connectivity index (χ2n) is 3.01. The SMILES string of the molecule is NCc1cc(-c2ccc(Cl)cc2Br)no1. The number of rotatable bonds is 2. The van der Waals surface area contributed by atoms with Crippen molar-refractivity contribution in [2.45, 2.75) is 6.54 Å². The molecular weight excluding hydrogens is 279 g/mol. The lowest BCUT2D eigenvalue weighted by Crippen LogP contribution is -1.92. The number of aromatic nitrogens is 1. The summed E-state index contributed by atoms with van der Waals surface area (Å²) in [7, 11) is 0. The highest BCUT2D eigenvalue weighted by atomic mass is 79.9.